The Morgan fingerprint density at radius 1 is 1.21 bits per heavy atom. The van der Waals surface area contributed by atoms with E-state index in [2.05, 4.69) is 39.2 Å². The molecular formula is C32H51N3O7. The molecule has 236 valence electrons. The van der Waals surface area contributed by atoms with Crippen molar-refractivity contribution in [2.75, 3.05) is 19.7 Å². The van der Waals surface area contributed by atoms with Crippen molar-refractivity contribution in [3.63, 3.8) is 0 Å². The third kappa shape index (κ3) is 6.59. The molecule has 3 fully saturated rings. The van der Waals surface area contributed by atoms with Crippen molar-refractivity contribution >= 4 is 23.7 Å². The van der Waals surface area contributed by atoms with Gasteiger partial charge in [-0.25, -0.2) is 0 Å². The van der Waals surface area contributed by atoms with E-state index in [4.69, 9.17) is 9.47 Å². The molecule has 3 rings (SSSR count). The molecule has 0 aromatic rings. The molecule has 0 radical (unpaired) electrons. The smallest absolute Gasteiger partial charge is 0.312 e. The third-order valence-electron chi connectivity index (χ3n) is 8.73. The number of hydrogen-bond acceptors (Lipinski definition) is 7. The Balaban J connectivity index is 1.92. The second-order valence-electron chi connectivity index (χ2n) is 14.0. The lowest BCUT2D eigenvalue weighted by Crippen LogP contribution is -2.62. The van der Waals surface area contributed by atoms with Gasteiger partial charge in [-0.3, -0.25) is 19.2 Å². The second kappa shape index (κ2) is 12.9. The maximum atomic E-state index is 14.6. The predicted octanol–water partition coefficient (Wildman–Crippen LogP) is 2.99. The summed E-state index contributed by atoms with van der Waals surface area (Å²) in [7, 11) is 0. The lowest BCUT2D eigenvalue weighted by molar-refractivity contribution is -0.160. The Bertz CT molecular complexity index is 1070. The van der Waals surface area contributed by atoms with Crippen LogP contribution in [0.15, 0.2) is 25.3 Å². The van der Waals surface area contributed by atoms with E-state index < -0.39 is 53.2 Å². The quantitative estimate of drug-likeness (QED) is 0.236. The number of rotatable bonds is 14. The number of nitrogens with zero attached hydrogens (tertiary/aromatic N) is 2. The molecule has 0 aromatic carbocycles. The normalized spacial score (nSPS) is 28.2. The maximum Gasteiger partial charge on any atom is 0.312 e. The van der Waals surface area contributed by atoms with Crippen molar-refractivity contribution in [1.29, 1.82) is 0 Å². The molecule has 7 atom stereocenters. The van der Waals surface area contributed by atoms with Gasteiger partial charge in [0, 0.05) is 18.5 Å². The van der Waals surface area contributed by atoms with Crippen LogP contribution in [0.2, 0.25) is 0 Å². The summed E-state index contributed by atoms with van der Waals surface area (Å²) in [5.41, 5.74) is -1.85. The molecule has 0 aromatic heterocycles. The molecule has 3 heterocycles. The van der Waals surface area contributed by atoms with Crippen molar-refractivity contribution in [3.8, 4) is 0 Å². The molecule has 10 nitrogen and oxygen atoms in total. The first-order chi connectivity index (χ1) is 19.5. The number of hydrogen-bond donors (Lipinski definition) is 2. The average molecular weight is 590 g/mol. The summed E-state index contributed by atoms with van der Waals surface area (Å²) in [6.07, 6.45) is 4.66. The molecule has 3 amide bonds. The zero-order valence-electron chi connectivity index (χ0n) is 26.5. The number of ether oxygens (including phenoxy) is 2. The maximum absolute atomic E-state index is 14.6. The average Bonchev–Trinajstić information content (AvgIpc) is 3.54. The minimum atomic E-state index is -1.20. The zero-order valence-corrected chi connectivity index (χ0v) is 26.5. The van der Waals surface area contributed by atoms with E-state index >= 15 is 0 Å². The van der Waals surface area contributed by atoms with Crippen LogP contribution < -0.4 is 5.32 Å². The minimum Gasteiger partial charge on any atom is -0.460 e. The van der Waals surface area contributed by atoms with E-state index in [-0.39, 0.29) is 42.8 Å². The summed E-state index contributed by atoms with van der Waals surface area (Å²) >= 11 is 0. The Hall–Kier alpha value is -2.72. The zero-order chi connectivity index (χ0) is 31.6. The Labute approximate surface area is 250 Å². The topological polar surface area (TPSA) is 125 Å². The van der Waals surface area contributed by atoms with E-state index in [1.54, 1.807) is 30.9 Å². The molecule has 0 aliphatic carbocycles. The molecular weight excluding hydrogens is 538 g/mol. The molecule has 1 spiro atoms. The molecule has 0 unspecified atom stereocenters. The van der Waals surface area contributed by atoms with Crippen LogP contribution in [0.4, 0.5) is 0 Å². The van der Waals surface area contributed by atoms with Crippen molar-refractivity contribution in [2.45, 2.75) is 116 Å². The predicted molar refractivity (Wildman–Crippen MR) is 159 cm³/mol. The van der Waals surface area contributed by atoms with Gasteiger partial charge in [0.15, 0.2) is 0 Å². The molecule has 3 saturated heterocycles. The highest BCUT2D eigenvalue weighted by molar-refractivity contribution is 5.98. The lowest BCUT2D eigenvalue weighted by atomic mass is 9.70. The fourth-order valence-corrected chi connectivity index (χ4v) is 7.40. The van der Waals surface area contributed by atoms with Gasteiger partial charge >= 0.3 is 5.97 Å². The number of fused-ring (bicyclic) bond motifs is 1. The first-order valence-corrected chi connectivity index (χ1v) is 15.2. The van der Waals surface area contributed by atoms with E-state index in [0.29, 0.717) is 32.1 Å². The van der Waals surface area contributed by atoms with Gasteiger partial charge in [0.05, 0.1) is 37.1 Å². The second-order valence-corrected chi connectivity index (χ2v) is 14.0. The number of allylic oxidation sites excluding steroid dienone is 1. The number of carbonyl (C=O) groups excluding carboxylic acids is 4. The Morgan fingerprint density at radius 3 is 2.45 bits per heavy atom. The highest BCUT2D eigenvalue weighted by Gasteiger charge is 2.75. The first-order valence-electron chi connectivity index (χ1n) is 15.2. The van der Waals surface area contributed by atoms with Gasteiger partial charge in [0.1, 0.15) is 17.7 Å². The Kier molecular flexibility index (Phi) is 10.4. The number of carbonyl (C=O) groups is 4. The summed E-state index contributed by atoms with van der Waals surface area (Å²) in [5.74, 6) is -3.18. The van der Waals surface area contributed by atoms with Crippen LogP contribution in [0.25, 0.3) is 0 Å². The highest BCUT2D eigenvalue weighted by atomic mass is 16.6. The number of aliphatic hydroxyl groups excluding tert-OH is 1. The SMILES string of the molecule is C=CCCC(=O)NC[C@@H](C)OC(=O)[C@@H]1[C@H]2C(=O)N([C@H](C)CO)[C@H](C(=O)N(CC=C)C(C)(C)CC(C)(C)C)[C@]23CC[C@H]1O3. The van der Waals surface area contributed by atoms with E-state index in [1.165, 1.54) is 4.90 Å². The van der Waals surface area contributed by atoms with Crippen molar-refractivity contribution in [3.05, 3.63) is 25.3 Å². The number of amides is 3. The summed E-state index contributed by atoms with van der Waals surface area (Å²) in [6, 6.07) is -1.66. The molecule has 2 bridgehead atoms. The van der Waals surface area contributed by atoms with Gasteiger partial charge in [-0.05, 0) is 58.8 Å². The van der Waals surface area contributed by atoms with E-state index in [1.807, 2.05) is 13.8 Å². The van der Waals surface area contributed by atoms with Gasteiger partial charge in [-0.1, -0.05) is 32.9 Å². The van der Waals surface area contributed by atoms with Crippen LogP contribution in [0.5, 0.6) is 0 Å². The first kappa shape index (κ1) is 33.8. The van der Waals surface area contributed by atoms with Crippen LogP contribution in [0.1, 0.15) is 80.6 Å². The molecule has 0 saturated carbocycles. The van der Waals surface area contributed by atoms with Crippen LogP contribution in [0, 0.1) is 17.3 Å². The van der Waals surface area contributed by atoms with E-state index in [9.17, 15) is 24.3 Å². The van der Waals surface area contributed by atoms with Gasteiger partial charge in [0.2, 0.25) is 17.7 Å². The lowest BCUT2D eigenvalue weighted by Gasteiger charge is -2.46. The largest absolute Gasteiger partial charge is 0.460 e. The third-order valence-corrected chi connectivity index (χ3v) is 8.73. The fraction of sp³-hybridized carbons (Fsp3) is 0.750. The number of nitrogens with one attached hydrogen (secondary N) is 1. The van der Waals surface area contributed by atoms with Crippen molar-refractivity contribution < 1.29 is 33.8 Å². The number of aliphatic hydroxyl groups is 1. The minimum absolute atomic E-state index is 0.0768. The molecule has 42 heavy (non-hydrogen) atoms. The van der Waals surface area contributed by atoms with Crippen molar-refractivity contribution in [2.24, 2.45) is 17.3 Å². The van der Waals surface area contributed by atoms with Gasteiger partial charge in [-0.2, -0.15) is 0 Å². The fourth-order valence-electron chi connectivity index (χ4n) is 7.40. The number of esters is 1. The van der Waals surface area contributed by atoms with Gasteiger partial charge < -0.3 is 29.7 Å². The summed E-state index contributed by atoms with van der Waals surface area (Å²) in [6.45, 7) is 21.3. The van der Waals surface area contributed by atoms with Gasteiger partial charge in [-0.15, -0.1) is 13.2 Å². The standard InChI is InChI=1S/C32H51N3O7/c1-10-12-13-23(37)33-17-21(4)41-29(40)24-22-14-15-32(42-22)25(24)27(38)35(20(3)18-36)26(32)28(39)34(16-11-2)31(8,9)19-30(5,6)7/h10-11,20-22,24-26,36H,1-2,12-19H2,3-9H3,(H,33,37)/t20-,21-,22-,24+,25+,26-,32+/m1/s1. The highest BCUT2D eigenvalue weighted by Crippen LogP contribution is 2.59. The van der Waals surface area contributed by atoms with Crippen LogP contribution in [-0.4, -0.2) is 93.7 Å². The van der Waals surface area contributed by atoms with Crippen molar-refractivity contribution in [1.82, 2.24) is 15.1 Å². The summed E-state index contributed by atoms with van der Waals surface area (Å²) in [5, 5.41) is 12.9. The molecule has 3 aliphatic rings. The molecule has 2 N–H and O–H groups in total. The van der Waals surface area contributed by atoms with Crippen LogP contribution in [-0.2, 0) is 28.7 Å². The van der Waals surface area contributed by atoms with Crippen LogP contribution in [0.3, 0.4) is 0 Å². The molecule has 3 aliphatic heterocycles. The molecule has 10 heteroatoms. The van der Waals surface area contributed by atoms with Crippen LogP contribution >= 0.6 is 0 Å². The monoisotopic (exact) mass is 589 g/mol. The summed E-state index contributed by atoms with van der Waals surface area (Å²) in [4.78, 5) is 57.5. The Morgan fingerprint density at radius 2 is 1.88 bits per heavy atom. The number of likely N-dealkylation sites (tertiary alicyclic amines) is 1. The summed E-state index contributed by atoms with van der Waals surface area (Å²) < 4.78 is 12.2. The van der Waals surface area contributed by atoms with E-state index in [0.717, 1.165) is 0 Å². The van der Waals surface area contributed by atoms with Gasteiger partial charge in [0.25, 0.3) is 0 Å².